The quantitative estimate of drug-likeness (QED) is 0.875. The summed E-state index contributed by atoms with van der Waals surface area (Å²) in [5.41, 5.74) is 3.55. The molecule has 1 aliphatic rings. The Morgan fingerprint density at radius 1 is 1.22 bits per heavy atom. The summed E-state index contributed by atoms with van der Waals surface area (Å²) in [5, 5.41) is 11.5. The van der Waals surface area contributed by atoms with E-state index < -0.39 is 0 Å². The number of nitrogens with zero attached hydrogens (tertiary/aromatic N) is 3. The molecule has 4 nitrogen and oxygen atoms in total. The highest BCUT2D eigenvalue weighted by Gasteiger charge is 2.24. The number of hydrogen-bond acceptors (Lipinski definition) is 4. The second-order valence-electron chi connectivity index (χ2n) is 4.59. The Kier molecular flexibility index (Phi) is 2.92. The van der Waals surface area contributed by atoms with Crippen LogP contribution in [0, 0.1) is 0 Å². The summed E-state index contributed by atoms with van der Waals surface area (Å²) < 4.78 is 0. The number of rotatable bonds is 2. The van der Waals surface area contributed by atoms with Gasteiger partial charge >= 0.3 is 0 Å². The maximum Gasteiger partial charge on any atom is 0.148 e. The van der Waals surface area contributed by atoms with Crippen molar-refractivity contribution in [1.82, 2.24) is 15.2 Å². The zero-order chi connectivity index (χ0) is 12.4. The normalized spacial score (nSPS) is 18.2. The summed E-state index contributed by atoms with van der Waals surface area (Å²) in [6, 6.07) is 8.20. The summed E-state index contributed by atoms with van der Waals surface area (Å²) in [6.45, 7) is 0. The van der Waals surface area contributed by atoms with E-state index in [9.17, 15) is 0 Å². The largest absolute Gasteiger partial charge is 0.372 e. The first-order chi connectivity index (χ1) is 8.88. The number of fused-ring (bicyclic) bond motifs is 1. The number of aryl methyl sites for hydroxylation is 1. The smallest absolute Gasteiger partial charge is 0.148 e. The van der Waals surface area contributed by atoms with E-state index in [2.05, 4.69) is 26.6 Å². The van der Waals surface area contributed by atoms with E-state index in [0.717, 1.165) is 24.4 Å². The van der Waals surface area contributed by atoms with E-state index in [1.165, 1.54) is 17.7 Å². The predicted molar refractivity (Wildman–Crippen MR) is 70.6 cm³/mol. The fraction of sp³-hybridized carbons (Fsp3) is 0.357. The Morgan fingerprint density at radius 3 is 2.94 bits per heavy atom. The molecule has 2 heterocycles. The van der Waals surface area contributed by atoms with Crippen LogP contribution in [-0.2, 0) is 6.42 Å². The maximum absolute atomic E-state index is 4.54. The first-order valence-electron chi connectivity index (χ1n) is 6.33. The molecule has 0 bridgehead atoms. The Balaban J connectivity index is 1.97. The summed E-state index contributed by atoms with van der Waals surface area (Å²) in [7, 11) is 1.85. The molecule has 2 aromatic rings. The van der Waals surface area contributed by atoms with Crippen LogP contribution in [0.25, 0.3) is 0 Å². The van der Waals surface area contributed by atoms with E-state index in [1.807, 2.05) is 31.4 Å². The van der Waals surface area contributed by atoms with Crippen LogP contribution >= 0.6 is 0 Å². The lowest BCUT2D eigenvalue weighted by Gasteiger charge is -2.23. The predicted octanol–water partition coefficient (Wildman–Crippen LogP) is 2.38. The summed E-state index contributed by atoms with van der Waals surface area (Å²) in [4.78, 5) is 4.54. The van der Waals surface area contributed by atoms with Crippen molar-refractivity contribution < 1.29 is 0 Å². The standard InChI is InChI=1S/C14H16N4/c1-15-13-8-7-12(17-18-13)11-6-2-4-10-5-3-9-16-14(10)11/h3,5,7-9,11H,2,4,6H2,1H3,(H,15,18). The monoisotopic (exact) mass is 240 g/mol. The molecule has 1 unspecified atom stereocenters. The second kappa shape index (κ2) is 4.72. The number of aromatic nitrogens is 3. The van der Waals surface area contributed by atoms with Gasteiger partial charge in [0.2, 0.25) is 0 Å². The van der Waals surface area contributed by atoms with Gasteiger partial charge in [0.1, 0.15) is 5.82 Å². The van der Waals surface area contributed by atoms with E-state index >= 15 is 0 Å². The van der Waals surface area contributed by atoms with Crippen molar-refractivity contribution in [3.63, 3.8) is 0 Å². The molecule has 92 valence electrons. The average molecular weight is 240 g/mol. The van der Waals surface area contributed by atoms with Crippen molar-refractivity contribution >= 4 is 5.82 Å². The lowest BCUT2D eigenvalue weighted by atomic mass is 9.84. The third kappa shape index (κ3) is 1.94. The molecule has 2 aromatic heterocycles. The van der Waals surface area contributed by atoms with Gasteiger partial charge < -0.3 is 5.32 Å². The minimum Gasteiger partial charge on any atom is -0.372 e. The Bertz CT molecular complexity index is 536. The maximum atomic E-state index is 4.54. The molecule has 0 aliphatic heterocycles. The molecule has 0 saturated heterocycles. The van der Waals surface area contributed by atoms with Gasteiger partial charge in [0.05, 0.1) is 11.4 Å². The van der Waals surface area contributed by atoms with Gasteiger partial charge in [-0.2, -0.15) is 5.10 Å². The molecule has 0 saturated carbocycles. The second-order valence-corrected chi connectivity index (χ2v) is 4.59. The first-order valence-corrected chi connectivity index (χ1v) is 6.33. The average Bonchev–Trinajstić information content (AvgIpc) is 2.47. The van der Waals surface area contributed by atoms with Gasteiger partial charge in [-0.05, 0) is 43.0 Å². The van der Waals surface area contributed by atoms with Crippen LogP contribution in [0.2, 0.25) is 0 Å². The third-order valence-corrected chi connectivity index (χ3v) is 3.49. The van der Waals surface area contributed by atoms with Crippen molar-refractivity contribution in [2.45, 2.75) is 25.2 Å². The SMILES string of the molecule is CNc1ccc(C2CCCc3cccnc32)nn1. The van der Waals surface area contributed by atoms with Crippen molar-refractivity contribution in [2.24, 2.45) is 0 Å². The van der Waals surface area contributed by atoms with Gasteiger partial charge in [-0.25, -0.2) is 0 Å². The van der Waals surface area contributed by atoms with Gasteiger partial charge in [-0.15, -0.1) is 5.10 Å². The molecule has 0 spiro atoms. The molecule has 1 atom stereocenters. The van der Waals surface area contributed by atoms with Gasteiger partial charge in [-0.3, -0.25) is 4.98 Å². The molecule has 0 radical (unpaired) electrons. The van der Waals surface area contributed by atoms with Crippen LogP contribution in [0.1, 0.15) is 35.7 Å². The topological polar surface area (TPSA) is 50.7 Å². The fourth-order valence-electron chi connectivity index (χ4n) is 2.56. The van der Waals surface area contributed by atoms with Crippen molar-refractivity contribution in [3.8, 4) is 0 Å². The molecule has 0 amide bonds. The highest BCUT2D eigenvalue weighted by Crippen LogP contribution is 2.33. The summed E-state index contributed by atoms with van der Waals surface area (Å²) in [5.74, 6) is 1.10. The van der Waals surface area contributed by atoms with Crippen LogP contribution in [0.4, 0.5) is 5.82 Å². The zero-order valence-electron chi connectivity index (χ0n) is 10.4. The Morgan fingerprint density at radius 2 is 2.17 bits per heavy atom. The number of hydrogen-bond donors (Lipinski definition) is 1. The highest BCUT2D eigenvalue weighted by atomic mass is 15.2. The Labute approximate surface area is 106 Å². The minimum atomic E-state index is 0.299. The number of nitrogens with one attached hydrogen (secondary N) is 1. The minimum absolute atomic E-state index is 0.299. The van der Waals surface area contributed by atoms with E-state index in [-0.39, 0.29) is 0 Å². The van der Waals surface area contributed by atoms with E-state index in [4.69, 9.17) is 0 Å². The molecule has 1 aliphatic carbocycles. The molecule has 4 heteroatoms. The Hall–Kier alpha value is -1.97. The molecule has 18 heavy (non-hydrogen) atoms. The highest BCUT2D eigenvalue weighted by molar-refractivity contribution is 5.36. The summed E-state index contributed by atoms with van der Waals surface area (Å²) in [6.07, 6.45) is 5.30. The molecular formula is C14H16N4. The van der Waals surface area contributed by atoms with Crippen LogP contribution < -0.4 is 5.32 Å². The fourth-order valence-corrected chi connectivity index (χ4v) is 2.56. The molecule has 0 fully saturated rings. The lowest BCUT2D eigenvalue weighted by molar-refractivity contribution is 0.582. The van der Waals surface area contributed by atoms with Gasteiger partial charge in [0.25, 0.3) is 0 Å². The molecule has 3 rings (SSSR count). The van der Waals surface area contributed by atoms with Crippen LogP contribution in [-0.4, -0.2) is 22.2 Å². The van der Waals surface area contributed by atoms with Gasteiger partial charge in [0.15, 0.2) is 0 Å². The van der Waals surface area contributed by atoms with Crippen LogP contribution in [0.5, 0.6) is 0 Å². The zero-order valence-corrected chi connectivity index (χ0v) is 10.4. The molecular weight excluding hydrogens is 224 g/mol. The van der Waals surface area contributed by atoms with Crippen LogP contribution in [0.3, 0.4) is 0 Å². The van der Waals surface area contributed by atoms with Gasteiger partial charge in [-0.1, -0.05) is 6.07 Å². The molecule has 0 aromatic carbocycles. The number of anilines is 1. The summed E-state index contributed by atoms with van der Waals surface area (Å²) >= 11 is 0. The van der Waals surface area contributed by atoms with E-state index in [0.29, 0.717) is 5.92 Å². The van der Waals surface area contributed by atoms with Crippen molar-refractivity contribution in [3.05, 3.63) is 47.4 Å². The van der Waals surface area contributed by atoms with Crippen molar-refractivity contribution in [1.29, 1.82) is 0 Å². The van der Waals surface area contributed by atoms with E-state index in [1.54, 1.807) is 0 Å². The number of pyridine rings is 1. The van der Waals surface area contributed by atoms with Gasteiger partial charge in [0, 0.05) is 19.2 Å². The third-order valence-electron chi connectivity index (χ3n) is 3.49. The molecule has 1 N–H and O–H groups in total. The van der Waals surface area contributed by atoms with Crippen molar-refractivity contribution in [2.75, 3.05) is 12.4 Å². The van der Waals surface area contributed by atoms with Crippen LogP contribution in [0.15, 0.2) is 30.5 Å². The lowest BCUT2D eigenvalue weighted by Crippen LogP contribution is -2.14. The first kappa shape index (κ1) is 11.1.